The standard InChI is InChI=1S/C22H28N8O.C8H9Cl.C5H13N/c1-7-18(11-10-16(4)31-19(8-2)12-13-24-5)25-21-27-22-26-20(29(6)9-3)17(14-23)15-30(22)28-21;1-7-3-2-4-8(9)6-5-7;1-4-6(3)5-2/h7-8,10-13,15,24H,1,9H2,2-6H3,(H,25,28);2-5H,6H2,1H3;4-5H2,1-3H3/b13-12-,16-10+,18-11+,19-8+;;. The normalized spacial score (nSPS) is 13.5. The van der Waals surface area contributed by atoms with Gasteiger partial charge in [0.15, 0.2) is 5.82 Å². The van der Waals surface area contributed by atoms with E-state index in [4.69, 9.17) is 16.3 Å². The topological polar surface area (TPSA) is 107 Å². The van der Waals surface area contributed by atoms with Crippen molar-refractivity contribution in [2.45, 2.75) is 48.0 Å². The Morgan fingerprint density at radius 3 is 2.48 bits per heavy atom. The number of hydrogen-bond donors (Lipinski definition) is 2. The highest BCUT2D eigenvalue weighted by atomic mass is 35.5. The molecular weight excluding hydrogens is 598 g/mol. The van der Waals surface area contributed by atoms with Crippen molar-refractivity contribution in [1.82, 2.24) is 29.8 Å². The van der Waals surface area contributed by atoms with Gasteiger partial charge in [-0.05, 0) is 90.5 Å². The molecule has 0 amide bonds. The lowest BCUT2D eigenvalue weighted by Gasteiger charge is -2.16. The molecule has 1 aliphatic carbocycles. The molecule has 0 radical (unpaired) electrons. The average Bonchev–Trinajstić information content (AvgIpc) is 3.37. The van der Waals surface area contributed by atoms with Gasteiger partial charge in [-0.25, -0.2) is 4.52 Å². The van der Waals surface area contributed by atoms with Crippen LogP contribution in [0.3, 0.4) is 0 Å². The zero-order chi connectivity index (χ0) is 34.5. The third kappa shape index (κ3) is 14.5. The maximum atomic E-state index is 9.42. The van der Waals surface area contributed by atoms with Crippen molar-refractivity contribution in [3.8, 4) is 6.07 Å². The van der Waals surface area contributed by atoms with Crippen LogP contribution in [0.5, 0.6) is 0 Å². The molecule has 0 spiro atoms. The lowest BCUT2D eigenvalue weighted by Crippen LogP contribution is -2.19. The van der Waals surface area contributed by atoms with Crippen molar-refractivity contribution in [2.24, 2.45) is 0 Å². The van der Waals surface area contributed by atoms with Gasteiger partial charge in [0.2, 0.25) is 5.95 Å². The van der Waals surface area contributed by atoms with E-state index in [9.17, 15) is 5.26 Å². The molecule has 3 rings (SSSR count). The molecule has 0 fully saturated rings. The lowest BCUT2D eigenvalue weighted by molar-refractivity contribution is 0.321. The third-order valence-corrected chi connectivity index (χ3v) is 6.83. The largest absolute Gasteiger partial charge is 0.462 e. The van der Waals surface area contributed by atoms with Crippen LogP contribution in [0.15, 0.2) is 101 Å². The van der Waals surface area contributed by atoms with Crippen LogP contribution >= 0.6 is 11.6 Å². The Bertz CT molecular complexity index is 1510. The summed E-state index contributed by atoms with van der Waals surface area (Å²) in [6.45, 7) is 19.0. The van der Waals surface area contributed by atoms with Gasteiger partial charge < -0.3 is 25.2 Å². The zero-order valence-electron chi connectivity index (χ0n) is 28.8. The molecule has 0 atom stereocenters. The number of rotatable bonds is 12. The highest BCUT2D eigenvalue weighted by Gasteiger charge is 2.13. The second-order valence-electron chi connectivity index (χ2n) is 10.0. The molecule has 10 nitrogen and oxygen atoms in total. The third-order valence-electron chi connectivity index (χ3n) is 6.55. The van der Waals surface area contributed by atoms with Crippen LogP contribution in [0, 0.1) is 11.3 Å². The molecule has 2 aromatic heterocycles. The van der Waals surface area contributed by atoms with E-state index < -0.39 is 0 Å². The fraction of sp³-hybridized carbons (Fsp3) is 0.371. The van der Waals surface area contributed by atoms with E-state index in [0.717, 1.165) is 30.3 Å². The smallest absolute Gasteiger partial charge is 0.256 e. The van der Waals surface area contributed by atoms with Gasteiger partial charge in [-0.2, -0.15) is 15.2 Å². The molecule has 2 aromatic rings. The highest BCUT2D eigenvalue weighted by molar-refractivity contribution is 6.29. The van der Waals surface area contributed by atoms with E-state index in [2.05, 4.69) is 83.2 Å². The summed E-state index contributed by atoms with van der Waals surface area (Å²) in [5.41, 5.74) is 2.38. The minimum atomic E-state index is 0.344. The van der Waals surface area contributed by atoms with Gasteiger partial charge in [-0.15, -0.1) is 5.10 Å². The monoisotopic (exact) mass is 647 g/mol. The lowest BCUT2D eigenvalue weighted by atomic mass is 10.2. The van der Waals surface area contributed by atoms with E-state index >= 15 is 0 Å². The van der Waals surface area contributed by atoms with Crippen molar-refractivity contribution in [1.29, 1.82) is 5.26 Å². The first-order valence-corrected chi connectivity index (χ1v) is 15.7. The molecule has 0 saturated heterocycles. The summed E-state index contributed by atoms with van der Waals surface area (Å²) < 4.78 is 7.25. The Hall–Kier alpha value is -4.59. The van der Waals surface area contributed by atoms with Crippen LogP contribution in [0.2, 0.25) is 0 Å². The van der Waals surface area contributed by atoms with Crippen molar-refractivity contribution in [2.75, 3.05) is 51.0 Å². The van der Waals surface area contributed by atoms with Gasteiger partial charge in [-0.3, -0.25) is 0 Å². The molecule has 0 aliphatic heterocycles. The maximum absolute atomic E-state index is 9.42. The quantitative estimate of drug-likeness (QED) is 0.179. The molecule has 0 bridgehead atoms. The van der Waals surface area contributed by atoms with Gasteiger partial charge in [0, 0.05) is 37.8 Å². The summed E-state index contributed by atoms with van der Waals surface area (Å²) in [6.07, 6.45) is 21.3. The number of nitrogens with zero attached hydrogens (tertiary/aromatic N) is 7. The predicted molar refractivity (Wildman–Crippen MR) is 193 cm³/mol. The molecule has 11 heteroatoms. The first-order valence-electron chi connectivity index (χ1n) is 15.3. The number of aromatic nitrogens is 4. The molecule has 248 valence electrons. The van der Waals surface area contributed by atoms with Crippen LogP contribution in [0.1, 0.15) is 53.5 Å². The number of anilines is 2. The minimum Gasteiger partial charge on any atom is -0.462 e. The molecule has 1 aliphatic rings. The van der Waals surface area contributed by atoms with Gasteiger partial charge in [0.25, 0.3) is 5.78 Å². The van der Waals surface area contributed by atoms with Crippen LogP contribution in [-0.2, 0) is 4.74 Å². The van der Waals surface area contributed by atoms with Gasteiger partial charge in [0.05, 0.1) is 6.20 Å². The molecule has 0 saturated carbocycles. The van der Waals surface area contributed by atoms with Crippen molar-refractivity contribution in [3.63, 3.8) is 0 Å². The van der Waals surface area contributed by atoms with Crippen LogP contribution < -0.4 is 15.5 Å². The fourth-order valence-electron chi connectivity index (χ4n) is 3.38. The second kappa shape index (κ2) is 22.0. The minimum absolute atomic E-state index is 0.344. The van der Waals surface area contributed by atoms with Gasteiger partial charge in [-0.1, -0.05) is 55.8 Å². The summed E-state index contributed by atoms with van der Waals surface area (Å²) in [7, 11) is 5.81. The number of fused-ring (bicyclic) bond motifs is 1. The van der Waals surface area contributed by atoms with Crippen LogP contribution in [-0.4, -0.2) is 65.3 Å². The van der Waals surface area contributed by atoms with Gasteiger partial charge in [0.1, 0.15) is 23.2 Å². The number of nitrogens with one attached hydrogen (secondary N) is 2. The van der Waals surface area contributed by atoms with E-state index in [1.165, 1.54) is 10.1 Å². The number of ether oxygens (including phenoxy) is 1. The summed E-state index contributed by atoms with van der Waals surface area (Å²) in [5, 5.41) is 20.7. The van der Waals surface area contributed by atoms with Crippen molar-refractivity contribution in [3.05, 3.63) is 107 Å². The van der Waals surface area contributed by atoms with E-state index in [1.807, 2.05) is 76.2 Å². The van der Waals surface area contributed by atoms with E-state index in [-0.39, 0.29) is 0 Å². The molecule has 0 unspecified atom stereocenters. The Kier molecular flexibility index (Phi) is 18.9. The van der Waals surface area contributed by atoms with Crippen molar-refractivity contribution < 1.29 is 4.74 Å². The van der Waals surface area contributed by atoms with E-state index in [0.29, 0.717) is 41.1 Å². The number of halogens is 1. The Morgan fingerprint density at radius 1 is 1.20 bits per heavy atom. The molecule has 0 aromatic carbocycles. The first-order chi connectivity index (χ1) is 22.0. The molecule has 2 heterocycles. The van der Waals surface area contributed by atoms with Crippen molar-refractivity contribution >= 4 is 29.1 Å². The van der Waals surface area contributed by atoms with Gasteiger partial charge >= 0.3 is 0 Å². The average molecular weight is 648 g/mol. The summed E-state index contributed by atoms with van der Waals surface area (Å²) >= 11 is 5.75. The van der Waals surface area contributed by atoms with E-state index in [1.54, 1.807) is 18.5 Å². The first kappa shape index (κ1) is 39.4. The number of nitriles is 1. The zero-order valence-corrected chi connectivity index (χ0v) is 29.6. The molecule has 46 heavy (non-hydrogen) atoms. The predicted octanol–water partition coefficient (Wildman–Crippen LogP) is 7.46. The Labute approximate surface area is 280 Å². The fourth-order valence-corrected chi connectivity index (χ4v) is 3.53. The summed E-state index contributed by atoms with van der Waals surface area (Å²) in [5.74, 6) is 2.73. The SMILES string of the molecule is C=C/C(=C\C=C(/C)OC(/C=C\NC)=C/C)Nc1nc2nc(N(C)CC)c(C#N)cn2n1.CC1=CCC(Cl)=CC=C1.CCN(C)CC. The highest BCUT2D eigenvalue weighted by Crippen LogP contribution is 2.18. The van der Waals surface area contributed by atoms with Crippen LogP contribution in [0.4, 0.5) is 11.8 Å². The molecule has 2 N–H and O–H groups in total. The summed E-state index contributed by atoms with van der Waals surface area (Å²) in [6, 6.07) is 2.15. The maximum Gasteiger partial charge on any atom is 0.256 e. The van der Waals surface area contributed by atoms with Crippen LogP contribution in [0.25, 0.3) is 5.78 Å². The second-order valence-corrected chi connectivity index (χ2v) is 10.5. The number of allylic oxidation sites excluding steroid dienone is 12. The Morgan fingerprint density at radius 2 is 1.91 bits per heavy atom. The number of hydrogen-bond acceptors (Lipinski definition) is 9. The summed E-state index contributed by atoms with van der Waals surface area (Å²) in [4.78, 5) is 13.0. The Balaban J connectivity index is 0.000000575. The molecular formula is C35H50ClN9O.